The van der Waals surface area contributed by atoms with Crippen LogP contribution in [-0.4, -0.2) is 0 Å². The second kappa shape index (κ2) is 5.40. The topological polar surface area (TPSA) is 12.0 Å². The molecule has 0 amide bonds. The third kappa shape index (κ3) is 3.02. The third-order valence-electron chi connectivity index (χ3n) is 2.99. The highest BCUT2D eigenvalue weighted by molar-refractivity contribution is 6.30. The smallest absolute Gasteiger partial charge is 0.142 e. The van der Waals surface area contributed by atoms with Gasteiger partial charge < -0.3 is 5.32 Å². The van der Waals surface area contributed by atoms with Crippen molar-refractivity contribution in [2.24, 2.45) is 0 Å². The molecule has 0 fully saturated rings. The van der Waals surface area contributed by atoms with Crippen molar-refractivity contribution in [2.75, 3.05) is 5.32 Å². The van der Waals surface area contributed by atoms with Crippen molar-refractivity contribution in [2.45, 2.75) is 20.4 Å². The Labute approximate surface area is 112 Å². The summed E-state index contributed by atoms with van der Waals surface area (Å²) in [6, 6.07) is 11.0. The fraction of sp³-hybridized carbons (Fsp3) is 0.200. The van der Waals surface area contributed by atoms with E-state index in [-0.39, 0.29) is 10.8 Å². The first-order valence-corrected chi connectivity index (χ1v) is 6.19. The van der Waals surface area contributed by atoms with Gasteiger partial charge >= 0.3 is 0 Å². The first-order chi connectivity index (χ1) is 8.56. The van der Waals surface area contributed by atoms with E-state index in [0.717, 1.165) is 11.3 Å². The molecule has 0 aliphatic rings. The van der Waals surface area contributed by atoms with Gasteiger partial charge in [0.2, 0.25) is 0 Å². The molecule has 0 saturated carbocycles. The van der Waals surface area contributed by atoms with E-state index in [4.69, 9.17) is 11.6 Å². The lowest BCUT2D eigenvalue weighted by atomic mass is 10.1. The van der Waals surface area contributed by atoms with Gasteiger partial charge in [-0.25, -0.2) is 4.39 Å². The predicted octanol–water partition coefficient (Wildman–Crippen LogP) is 4.71. The van der Waals surface area contributed by atoms with Crippen LogP contribution in [-0.2, 0) is 6.54 Å². The molecule has 0 aliphatic heterocycles. The Balaban J connectivity index is 2.06. The normalized spacial score (nSPS) is 10.4. The zero-order valence-electron chi connectivity index (χ0n) is 10.4. The van der Waals surface area contributed by atoms with Gasteiger partial charge in [-0.1, -0.05) is 23.7 Å². The number of benzene rings is 2. The first kappa shape index (κ1) is 12.9. The van der Waals surface area contributed by atoms with Gasteiger partial charge in [-0.05, 0) is 54.8 Å². The average molecular weight is 264 g/mol. The summed E-state index contributed by atoms with van der Waals surface area (Å²) in [5.41, 5.74) is 4.41. The maximum atomic E-state index is 13.3. The Kier molecular flexibility index (Phi) is 3.87. The predicted molar refractivity (Wildman–Crippen MR) is 74.7 cm³/mol. The van der Waals surface area contributed by atoms with Crippen LogP contribution in [0.2, 0.25) is 5.02 Å². The fourth-order valence-electron chi connectivity index (χ4n) is 1.71. The van der Waals surface area contributed by atoms with E-state index in [1.54, 1.807) is 6.07 Å². The van der Waals surface area contributed by atoms with Crippen molar-refractivity contribution in [1.82, 2.24) is 0 Å². The SMILES string of the molecule is Cc1ccc(NCc2ccc(Cl)c(F)c2)cc1C. The zero-order valence-corrected chi connectivity index (χ0v) is 11.2. The summed E-state index contributed by atoms with van der Waals surface area (Å²) in [7, 11) is 0. The molecule has 2 aromatic carbocycles. The van der Waals surface area contributed by atoms with Crippen molar-refractivity contribution in [3.05, 3.63) is 63.9 Å². The summed E-state index contributed by atoms with van der Waals surface area (Å²) in [6.45, 7) is 4.73. The monoisotopic (exact) mass is 263 g/mol. The Bertz CT molecular complexity index is 515. The van der Waals surface area contributed by atoms with Gasteiger partial charge in [-0.3, -0.25) is 0 Å². The summed E-state index contributed by atoms with van der Waals surface area (Å²) in [6.07, 6.45) is 0. The summed E-state index contributed by atoms with van der Waals surface area (Å²) >= 11 is 5.64. The lowest BCUT2D eigenvalue weighted by molar-refractivity contribution is 0.626. The van der Waals surface area contributed by atoms with Gasteiger partial charge in [0.05, 0.1) is 5.02 Å². The van der Waals surface area contributed by atoms with Crippen molar-refractivity contribution < 1.29 is 4.39 Å². The highest BCUT2D eigenvalue weighted by Crippen LogP contribution is 2.18. The number of halogens is 2. The molecule has 1 nitrogen and oxygen atoms in total. The van der Waals surface area contributed by atoms with Crippen molar-refractivity contribution >= 4 is 17.3 Å². The second-order valence-electron chi connectivity index (χ2n) is 4.40. The number of hydrogen-bond acceptors (Lipinski definition) is 1. The van der Waals surface area contributed by atoms with Crippen LogP contribution in [0.25, 0.3) is 0 Å². The van der Waals surface area contributed by atoms with E-state index in [1.807, 2.05) is 12.1 Å². The molecule has 18 heavy (non-hydrogen) atoms. The quantitative estimate of drug-likeness (QED) is 0.846. The van der Waals surface area contributed by atoms with Crippen molar-refractivity contribution in [3.8, 4) is 0 Å². The molecule has 3 heteroatoms. The van der Waals surface area contributed by atoms with Crippen molar-refractivity contribution in [1.29, 1.82) is 0 Å². The molecule has 0 saturated heterocycles. The van der Waals surface area contributed by atoms with Gasteiger partial charge in [-0.2, -0.15) is 0 Å². The molecule has 2 rings (SSSR count). The summed E-state index contributed by atoms with van der Waals surface area (Å²) in [5.74, 6) is -0.379. The van der Waals surface area contributed by atoms with Gasteiger partial charge in [-0.15, -0.1) is 0 Å². The number of aryl methyl sites for hydroxylation is 2. The largest absolute Gasteiger partial charge is 0.381 e. The van der Waals surface area contributed by atoms with E-state index in [9.17, 15) is 4.39 Å². The molecule has 0 unspecified atom stereocenters. The molecule has 0 aromatic heterocycles. The average Bonchev–Trinajstić information content (AvgIpc) is 2.35. The van der Waals surface area contributed by atoms with Crippen LogP contribution < -0.4 is 5.32 Å². The highest BCUT2D eigenvalue weighted by atomic mass is 35.5. The summed E-state index contributed by atoms with van der Waals surface area (Å²) in [5, 5.41) is 3.42. The van der Waals surface area contributed by atoms with Gasteiger partial charge in [0.15, 0.2) is 0 Å². The van der Waals surface area contributed by atoms with E-state index >= 15 is 0 Å². The molecule has 94 valence electrons. The number of rotatable bonds is 3. The summed E-state index contributed by atoms with van der Waals surface area (Å²) < 4.78 is 13.3. The van der Waals surface area contributed by atoms with E-state index in [1.165, 1.54) is 17.2 Å². The van der Waals surface area contributed by atoms with Crippen LogP contribution in [0, 0.1) is 19.7 Å². The lowest BCUT2D eigenvalue weighted by Crippen LogP contribution is -2.00. The maximum Gasteiger partial charge on any atom is 0.142 e. The summed E-state index contributed by atoms with van der Waals surface area (Å²) in [4.78, 5) is 0. The minimum absolute atomic E-state index is 0.157. The van der Waals surface area contributed by atoms with Crippen LogP contribution in [0.1, 0.15) is 16.7 Å². The van der Waals surface area contributed by atoms with Crippen LogP contribution in [0.4, 0.5) is 10.1 Å². The van der Waals surface area contributed by atoms with E-state index in [2.05, 4.69) is 31.3 Å². The molecule has 0 atom stereocenters. The molecule has 1 N–H and O–H groups in total. The molecule has 2 aromatic rings. The zero-order chi connectivity index (χ0) is 13.1. The van der Waals surface area contributed by atoms with Crippen LogP contribution in [0.5, 0.6) is 0 Å². The number of anilines is 1. The lowest BCUT2D eigenvalue weighted by Gasteiger charge is -2.09. The first-order valence-electron chi connectivity index (χ1n) is 5.81. The maximum absolute atomic E-state index is 13.3. The minimum Gasteiger partial charge on any atom is -0.381 e. The number of hydrogen-bond donors (Lipinski definition) is 1. The molecule has 0 spiro atoms. The molecule has 0 aliphatic carbocycles. The molecule has 0 radical (unpaired) electrons. The minimum atomic E-state index is -0.379. The molecular formula is C15H15ClFN. The molecular weight excluding hydrogens is 249 g/mol. The van der Waals surface area contributed by atoms with Crippen LogP contribution in [0.15, 0.2) is 36.4 Å². The Morgan fingerprint density at radius 2 is 1.83 bits per heavy atom. The Hall–Kier alpha value is -1.54. The molecule has 0 heterocycles. The standard InChI is InChI=1S/C15H15ClFN/c1-10-3-5-13(7-11(10)2)18-9-12-4-6-14(16)15(17)8-12/h3-8,18H,9H2,1-2H3. The Morgan fingerprint density at radius 1 is 1.06 bits per heavy atom. The third-order valence-corrected chi connectivity index (χ3v) is 3.29. The van der Waals surface area contributed by atoms with Crippen molar-refractivity contribution in [3.63, 3.8) is 0 Å². The number of nitrogens with one attached hydrogen (secondary N) is 1. The van der Waals surface area contributed by atoms with Gasteiger partial charge in [0, 0.05) is 12.2 Å². The van der Waals surface area contributed by atoms with E-state index < -0.39 is 0 Å². The second-order valence-corrected chi connectivity index (χ2v) is 4.81. The van der Waals surface area contributed by atoms with Crippen LogP contribution in [0.3, 0.4) is 0 Å². The van der Waals surface area contributed by atoms with Gasteiger partial charge in [0.1, 0.15) is 5.82 Å². The van der Waals surface area contributed by atoms with Crippen LogP contribution >= 0.6 is 11.6 Å². The molecule has 0 bridgehead atoms. The van der Waals surface area contributed by atoms with Gasteiger partial charge in [0.25, 0.3) is 0 Å². The van der Waals surface area contributed by atoms with E-state index in [0.29, 0.717) is 6.54 Å². The highest BCUT2D eigenvalue weighted by Gasteiger charge is 2.01. The Morgan fingerprint density at radius 3 is 2.50 bits per heavy atom. The fourth-order valence-corrected chi connectivity index (χ4v) is 1.82.